The normalized spacial score (nSPS) is 22.2. The lowest BCUT2D eigenvalue weighted by Gasteiger charge is -2.35. The van der Waals surface area contributed by atoms with Gasteiger partial charge in [-0.25, -0.2) is 0 Å². The lowest BCUT2D eigenvalue weighted by Crippen LogP contribution is -2.44. The third-order valence-electron chi connectivity index (χ3n) is 6.43. The van der Waals surface area contributed by atoms with E-state index in [1.807, 2.05) is 41.3 Å². The lowest BCUT2D eigenvalue weighted by atomic mass is 9.91. The summed E-state index contributed by atoms with van der Waals surface area (Å²) in [6.07, 6.45) is 3.00. The Bertz CT molecular complexity index is 912. The van der Waals surface area contributed by atoms with E-state index in [1.54, 1.807) is 18.0 Å². The first-order valence-corrected chi connectivity index (χ1v) is 11.4. The van der Waals surface area contributed by atoms with Crippen LogP contribution in [0.2, 0.25) is 5.02 Å². The van der Waals surface area contributed by atoms with Crippen LogP contribution in [0.15, 0.2) is 54.6 Å². The number of hydrogen-bond acceptors (Lipinski definition) is 3. The number of carbonyl (C=O) groups is 2. The van der Waals surface area contributed by atoms with Gasteiger partial charge in [-0.05, 0) is 42.5 Å². The largest absolute Gasteiger partial charge is 0.378 e. The van der Waals surface area contributed by atoms with Crippen LogP contribution in [0.5, 0.6) is 0 Å². The number of amides is 2. The first-order valence-electron chi connectivity index (χ1n) is 11.0. The van der Waals surface area contributed by atoms with Crippen LogP contribution in [-0.4, -0.2) is 54.5 Å². The molecule has 2 amide bonds. The van der Waals surface area contributed by atoms with Crippen molar-refractivity contribution < 1.29 is 14.3 Å². The lowest BCUT2D eigenvalue weighted by molar-refractivity contribution is -0.139. The average molecular weight is 441 g/mol. The second-order valence-corrected chi connectivity index (χ2v) is 8.88. The summed E-state index contributed by atoms with van der Waals surface area (Å²) in [6, 6.07) is 17.5. The van der Waals surface area contributed by atoms with Gasteiger partial charge in [-0.15, -0.1) is 0 Å². The topological polar surface area (TPSA) is 49.9 Å². The fraction of sp³-hybridized carbons (Fsp3) is 0.440. The Balaban J connectivity index is 1.32. The van der Waals surface area contributed by atoms with Crippen molar-refractivity contribution in [2.45, 2.75) is 37.8 Å². The maximum atomic E-state index is 13.3. The number of benzene rings is 2. The zero-order valence-corrected chi connectivity index (χ0v) is 18.6. The molecule has 0 N–H and O–H groups in total. The quantitative estimate of drug-likeness (QED) is 0.679. The molecular formula is C25H29ClN2O3. The van der Waals surface area contributed by atoms with Crippen molar-refractivity contribution in [2.75, 3.05) is 26.7 Å². The molecule has 2 atom stereocenters. The minimum Gasteiger partial charge on any atom is -0.378 e. The Morgan fingerprint density at radius 2 is 1.84 bits per heavy atom. The molecule has 0 aromatic heterocycles. The summed E-state index contributed by atoms with van der Waals surface area (Å²) in [5.41, 5.74) is 2.19. The van der Waals surface area contributed by atoms with Gasteiger partial charge in [-0.3, -0.25) is 9.59 Å². The molecule has 0 saturated carbocycles. The molecule has 0 spiro atoms. The number of rotatable bonds is 6. The van der Waals surface area contributed by atoms with Gasteiger partial charge in [0.05, 0.1) is 24.7 Å². The van der Waals surface area contributed by atoms with Crippen molar-refractivity contribution in [1.82, 2.24) is 9.80 Å². The Morgan fingerprint density at radius 1 is 1.10 bits per heavy atom. The van der Waals surface area contributed by atoms with E-state index in [0.29, 0.717) is 24.7 Å². The molecule has 0 aliphatic carbocycles. The van der Waals surface area contributed by atoms with E-state index in [-0.39, 0.29) is 36.3 Å². The third kappa shape index (κ3) is 5.10. The van der Waals surface area contributed by atoms with Crippen molar-refractivity contribution >= 4 is 23.4 Å². The molecular weight excluding hydrogens is 412 g/mol. The van der Waals surface area contributed by atoms with Crippen LogP contribution in [0.1, 0.15) is 36.4 Å². The van der Waals surface area contributed by atoms with E-state index < -0.39 is 0 Å². The van der Waals surface area contributed by atoms with Gasteiger partial charge in [-0.2, -0.15) is 0 Å². The molecule has 6 heteroatoms. The smallest absolute Gasteiger partial charge is 0.228 e. The van der Waals surface area contributed by atoms with Gasteiger partial charge in [0.2, 0.25) is 11.8 Å². The second kappa shape index (κ2) is 9.84. The van der Waals surface area contributed by atoms with E-state index in [0.717, 1.165) is 24.8 Å². The Morgan fingerprint density at radius 3 is 2.55 bits per heavy atom. The van der Waals surface area contributed by atoms with Crippen molar-refractivity contribution in [3.63, 3.8) is 0 Å². The molecule has 2 aliphatic rings. The van der Waals surface area contributed by atoms with Crippen LogP contribution in [0.4, 0.5) is 0 Å². The Hall–Kier alpha value is -2.37. The summed E-state index contributed by atoms with van der Waals surface area (Å²) in [4.78, 5) is 29.4. The van der Waals surface area contributed by atoms with E-state index >= 15 is 0 Å². The number of carbonyl (C=O) groups excluding carboxylic acids is 2. The molecule has 2 aliphatic heterocycles. The summed E-state index contributed by atoms with van der Waals surface area (Å²) in [7, 11) is 1.77. The van der Waals surface area contributed by atoms with Gasteiger partial charge in [0.1, 0.15) is 0 Å². The predicted molar refractivity (Wildman–Crippen MR) is 121 cm³/mol. The molecule has 31 heavy (non-hydrogen) atoms. The van der Waals surface area contributed by atoms with Crippen molar-refractivity contribution in [3.8, 4) is 0 Å². The molecule has 2 aromatic carbocycles. The van der Waals surface area contributed by atoms with Gasteiger partial charge < -0.3 is 14.5 Å². The molecule has 2 heterocycles. The molecule has 2 aromatic rings. The van der Waals surface area contributed by atoms with Crippen LogP contribution in [0, 0.1) is 5.92 Å². The van der Waals surface area contributed by atoms with Crippen LogP contribution >= 0.6 is 11.6 Å². The molecule has 2 fully saturated rings. The zero-order chi connectivity index (χ0) is 21.8. The highest BCUT2D eigenvalue weighted by molar-refractivity contribution is 6.30. The summed E-state index contributed by atoms with van der Waals surface area (Å²) < 4.78 is 6.06. The number of piperidine rings is 1. The van der Waals surface area contributed by atoms with E-state index in [9.17, 15) is 9.59 Å². The second-order valence-electron chi connectivity index (χ2n) is 8.45. The Labute approximate surface area is 188 Å². The third-order valence-corrected chi connectivity index (χ3v) is 6.67. The highest BCUT2D eigenvalue weighted by atomic mass is 35.5. The Kier molecular flexibility index (Phi) is 6.93. The van der Waals surface area contributed by atoms with Crippen LogP contribution in [-0.2, 0) is 20.7 Å². The molecule has 0 radical (unpaired) electrons. The van der Waals surface area contributed by atoms with Crippen LogP contribution in [0.25, 0.3) is 0 Å². The van der Waals surface area contributed by atoms with Gasteiger partial charge in [0.15, 0.2) is 0 Å². The zero-order valence-electron chi connectivity index (χ0n) is 17.9. The minimum atomic E-state index is -0.369. The molecule has 164 valence electrons. The first-order chi connectivity index (χ1) is 15.0. The van der Waals surface area contributed by atoms with Crippen molar-refractivity contribution in [3.05, 3.63) is 70.7 Å². The standard InChI is InChI=1S/C25H29ClN2O3/c1-27-23(29)17-22(24(27)19-8-5-9-20(26)16-19)25(30)28-13-10-21(11-14-28)31-15-12-18-6-3-2-4-7-18/h2-9,16,21-22,24H,10-15,17H2,1H3. The number of ether oxygens (including phenoxy) is 1. The van der Waals surface area contributed by atoms with Crippen molar-refractivity contribution in [2.24, 2.45) is 5.92 Å². The molecule has 4 rings (SSSR count). The van der Waals surface area contributed by atoms with E-state index in [1.165, 1.54) is 5.56 Å². The van der Waals surface area contributed by atoms with Crippen LogP contribution < -0.4 is 0 Å². The number of hydrogen-bond donors (Lipinski definition) is 0. The summed E-state index contributed by atoms with van der Waals surface area (Å²) in [5.74, 6) is -0.306. The minimum absolute atomic E-state index is 0.00227. The fourth-order valence-electron chi connectivity index (χ4n) is 4.70. The summed E-state index contributed by atoms with van der Waals surface area (Å²) in [5, 5.41) is 0.616. The van der Waals surface area contributed by atoms with E-state index in [4.69, 9.17) is 16.3 Å². The highest BCUT2D eigenvalue weighted by Gasteiger charge is 2.44. The number of likely N-dealkylation sites (tertiary alicyclic amines) is 2. The number of nitrogens with zero attached hydrogens (tertiary/aromatic N) is 2. The SMILES string of the molecule is CN1C(=O)CC(C(=O)N2CCC(OCCc3ccccc3)CC2)C1c1cccc(Cl)c1. The van der Waals surface area contributed by atoms with Crippen LogP contribution in [0.3, 0.4) is 0 Å². The summed E-state index contributed by atoms with van der Waals surface area (Å²) >= 11 is 6.17. The van der Waals surface area contributed by atoms with Gasteiger partial charge in [-0.1, -0.05) is 54.1 Å². The number of halogens is 1. The van der Waals surface area contributed by atoms with Gasteiger partial charge in [0.25, 0.3) is 0 Å². The summed E-state index contributed by atoms with van der Waals surface area (Å²) in [6.45, 7) is 2.04. The maximum Gasteiger partial charge on any atom is 0.228 e. The molecule has 0 bridgehead atoms. The van der Waals surface area contributed by atoms with Gasteiger partial charge >= 0.3 is 0 Å². The fourth-order valence-corrected chi connectivity index (χ4v) is 4.90. The first kappa shape index (κ1) is 21.8. The van der Waals surface area contributed by atoms with E-state index in [2.05, 4.69) is 12.1 Å². The van der Waals surface area contributed by atoms with Gasteiger partial charge in [0, 0.05) is 31.6 Å². The molecule has 2 saturated heterocycles. The molecule has 2 unspecified atom stereocenters. The predicted octanol–water partition coefficient (Wildman–Crippen LogP) is 4.11. The monoisotopic (exact) mass is 440 g/mol. The van der Waals surface area contributed by atoms with Crippen molar-refractivity contribution in [1.29, 1.82) is 0 Å². The average Bonchev–Trinajstić information content (AvgIpc) is 3.09. The molecule has 5 nitrogen and oxygen atoms in total. The highest BCUT2D eigenvalue weighted by Crippen LogP contribution is 2.39. The maximum absolute atomic E-state index is 13.3.